The summed E-state index contributed by atoms with van der Waals surface area (Å²) in [4.78, 5) is 15.5. The molecule has 0 amide bonds. The fourth-order valence-electron chi connectivity index (χ4n) is 8.21. The number of aromatic nitrogens is 4. The molecule has 10 rings (SSSR count). The summed E-state index contributed by atoms with van der Waals surface area (Å²) < 4.78 is 2.25. The number of para-hydroxylation sites is 1. The molecule has 0 unspecified atom stereocenters. The summed E-state index contributed by atoms with van der Waals surface area (Å²) in [6, 6.07) is 54.5. The second-order valence-corrected chi connectivity index (χ2v) is 13.1. The first-order chi connectivity index (χ1) is 24.8. The second kappa shape index (κ2) is 11.4. The van der Waals surface area contributed by atoms with Crippen LogP contribution in [0.3, 0.4) is 0 Å². The van der Waals surface area contributed by atoms with Gasteiger partial charge in [0.1, 0.15) is 0 Å². The van der Waals surface area contributed by atoms with Crippen molar-refractivity contribution < 1.29 is 0 Å². The lowest BCUT2D eigenvalue weighted by atomic mass is 9.67. The summed E-state index contributed by atoms with van der Waals surface area (Å²) in [5, 5.41) is 2.34. The van der Waals surface area contributed by atoms with Crippen molar-refractivity contribution in [2.75, 3.05) is 0 Å². The van der Waals surface area contributed by atoms with E-state index in [0.717, 1.165) is 35.0 Å². The SMILES string of the molecule is C1=CC(c2nc(-c3ccccc3)nc(-n3c4ccccc4c4cc5c(cc43)C(c3ccccc3)(c3ccccc3)c3ccccc3-5)n2)=CCC1. The molecule has 2 aromatic heterocycles. The summed E-state index contributed by atoms with van der Waals surface area (Å²) in [5.41, 5.74) is 11.1. The minimum absolute atomic E-state index is 0.513. The molecule has 0 aliphatic heterocycles. The molecule has 0 spiro atoms. The molecule has 2 aliphatic carbocycles. The molecule has 0 atom stereocenters. The number of benzene rings is 6. The van der Waals surface area contributed by atoms with Gasteiger partial charge in [-0.2, -0.15) is 9.97 Å². The lowest BCUT2D eigenvalue weighted by molar-refractivity contribution is 0.769. The summed E-state index contributed by atoms with van der Waals surface area (Å²) in [7, 11) is 0. The minimum atomic E-state index is -0.513. The zero-order chi connectivity index (χ0) is 33.1. The van der Waals surface area contributed by atoms with Crippen molar-refractivity contribution in [3.8, 4) is 28.5 Å². The Morgan fingerprint density at radius 1 is 0.500 bits per heavy atom. The highest BCUT2D eigenvalue weighted by atomic mass is 15.2. The van der Waals surface area contributed by atoms with E-state index in [4.69, 9.17) is 15.0 Å². The average Bonchev–Trinajstić information content (AvgIpc) is 3.68. The fourth-order valence-corrected chi connectivity index (χ4v) is 8.21. The number of rotatable bonds is 5. The van der Waals surface area contributed by atoms with Crippen LogP contribution in [0.2, 0.25) is 0 Å². The summed E-state index contributed by atoms with van der Waals surface area (Å²) >= 11 is 0. The van der Waals surface area contributed by atoms with Gasteiger partial charge in [-0.15, -0.1) is 0 Å². The van der Waals surface area contributed by atoms with Crippen molar-refractivity contribution in [2.24, 2.45) is 0 Å². The third kappa shape index (κ3) is 4.21. The van der Waals surface area contributed by atoms with Crippen LogP contribution in [-0.4, -0.2) is 19.5 Å². The molecule has 0 saturated heterocycles. The van der Waals surface area contributed by atoms with Gasteiger partial charge in [0.15, 0.2) is 11.6 Å². The Labute approximate surface area is 290 Å². The molecule has 2 aliphatic rings. The number of hydrogen-bond acceptors (Lipinski definition) is 3. The van der Waals surface area contributed by atoms with Crippen molar-refractivity contribution in [3.05, 3.63) is 198 Å². The number of allylic oxidation sites excluding steroid dienone is 4. The first-order valence-electron chi connectivity index (χ1n) is 17.3. The molecule has 50 heavy (non-hydrogen) atoms. The third-order valence-corrected chi connectivity index (χ3v) is 10.4. The first-order valence-corrected chi connectivity index (χ1v) is 17.3. The highest BCUT2D eigenvalue weighted by molar-refractivity contribution is 6.11. The van der Waals surface area contributed by atoms with Crippen molar-refractivity contribution in [1.29, 1.82) is 0 Å². The third-order valence-electron chi connectivity index (χ3n) is 10.4. The van der Waals surface area contributed by atoms with E-state index >= 15 is 0 Å². The van der Waals surface area contributed by atoms with Gasteiger partial charge in [0.2, 0.25) is 5.95 Å². The zero-order valence-corrected chi connectivity index (χ0v) is 27.4. The lowest BCUT2D eigenvalue weighted by Gasteiger charge is -2.34. The molecule has 236 valence electrons. The van der Waals surface area contributed by atoms with Crippen LogP contribution in [0.5, 0.6) is 0 Å². The highest BCUT2D eigenvalue weighted by Gasteiger charge is 2.46. The number of nitrogens with zero attached hydrogens (tertiary/aromatic N) is 4. The molecule has 8 aromatic rings. The fraction of sp³-hybridized carbons (Fsp3) is 0.0652. The Kier molecular flexibility index (Phi) is 6.50. The van der Waals surface area contributed by atoms with Crippen molar-refractivity contribution >= 4 is 27.4 Å². The van der Waals surface area contributed by atoms with Gasteiger partial charge in [-0.05, 0) is 64.4 Å². The first kappa shape index (κ1) is 28.6. The maximum absolute atomic E-state index is 5.23. The quantitative estimate of drug-likeness (QED) is 0.188. The van der Waals surface area contributed by atoms with E-state index in [1.54, 1.807) is 0 Å². The van der Waals surface area contributed by atoms with Crippen LogP contribution in [0.15, 0.2) is 170 Å². The largest absolute Gasteiger partial charge is 0.278 e. The van der Waals surface area contributed by atoms with Crippen molar-refractivity contribution in [3.63, 3.8) is 0 Å². The Morgan fingerprint density at radius 2 is 1.16 bits per heavy atom. The predicted molar refractivity (Wildman–Crippen MR) is 203 cm³/mol. The van der Waals surface area contributed by atoms with E-state index in [1.165, 1.54) is 44.2 Å². The van der Waals surface area contributed by atoms with E-state index in [-0.39, 0.29) is 0 Å². The maximum Gasteiger partial charge on any atom is 0.238 e. The molecular formula is C46H32N4. The number of fused-ring (bicyclic) bond motifs is 6. The van der Waals surface area contributed by atoms with Crippen LogP contribution in [0.4, 0.5) is 0 Å². The maximum atomic E-state index is 5.23. The van der Waals surface area contributed by atoms with Gasteiger partial charge >= 0.3 is 0 Å². The standard InChI is InChI=1S/C46H32N4/c1-5-17-31(18-6-1)43-47-44(32-19-7-2-8-20-32)49-45(48-43)50-41-28-16-14-26-36(41)38-29-37-35-25-13-15-27-39(35)46(40(37)30-42(38)50,33-21-9-3-10-22-33)34-23-11-4-12-24-34/h1,3-7,9-30H,2,8H2. The molecule has 0 radical (unpaired) electrons. The van der Waals surface area contributed by atoms with Gasteiger partial charge in [0.25, 0.3) is 0 Å². The molecular weight excluding hydrogens is 609 g/mol. The van der Waals surface area contributed by atoms with Crippen LogP contribution < -0.4 is 0 Å². The van der Waals surface area contributed by atoms with Crippen LogP contribution in [0.1, 0.15) is 40.9 Å². The van der Waals surface area contributed by atoms with Gasteiger partial charge in [-0.1, -0.05) is 152 Å². The normalized spacial score (nSPS) is 14.4. The summed E-state index contributed by atoms with van der Waals surface area (Å²) in [6.45, 7) is 0. The zero-order valence-electron chi connectivity index (χ0n) is 27.4. The van der Waals surface area contributed by atoms with Crippen molar-refractivity contribution in [1.82, 2.24) is 19.5 Å². The Hall–Kier alpha value is -6.39. The van der Waals surface area contributed by atoms with Crippen LogP contribution in [0.25, 0.3) is 55.8 Å². The Morgan fingerprint density at radius 3 is 1.90 bits per heavy atom. The Bertz CT molecular complexity index is 2590. The molecule has 2 heterocycles. The van der Waals surface area contributed by atoms with E-state index in [1.807, 2.05) is 18.2 Å². The second-order valence-electron chi connectivity index (χ2n) is 13.1. The highest BCUT2D eigenvalue weighted by Crippen LogP contribution is 2.57. The smallest absolute Gasteiger partial charge is 0.238 e. The van der Waals surface area contributed by atoms with Crippen LogP contribution in [0, 0.1) is 0 Å². The summed E-state index contributed by atoms with van der Waals surface area (Å²) in [6.07, 6.45) is 8.57. The van der Waals surface area contributed by atoms with E-state index in [0.29, 0.717) is 17.6 Å². The lowest BCUT2D eigenvalue weighted by Crippen LogP contribution is -2.28. The minimum Gasteiger partial charge on any atom is -0.278 e. The van der Waals surface area contributed by atoms with Crippen molar-refractivity contribution in [2.45, 2.75) is 18.3 Å². The average molecular weight is 641 g/mol. The molecule has 4 nitrogen and oxygen atoms in total. The van der Waals surface area contributed by atoms with Gasteiger partial charge in [0, 0.05) is 21.9 Å². The van der Waals surface area contributed by atoms with E-state index < -0.39 is 5.41 Å². The van der Waals surface area contributed by atoms with Crippen LogP contribution >= 0.6 is 0 Å². The van der Waals surface area contributed by atoms with E-state index in [9.17, 15) is 0 Å². The molecule has 0 saturated carbocycles. The predicted octanol–water partition coefficient (Wildman–Crippen LogP) is 10.7. The topological polar surface area (TPSA) is 43.6 Å². The van der Waals surface area contributed by atoms with Gasteiger partial charge in [-0.25, -0.2) is 4.98 Å². The van der Waals surface area contributed by atoms with E-state index in [2.05, 4.69) is 156 Å². The summed E-state index contributed by atoms with van der Waals surface area (Å²) in [5.74, 6) is 1.96. The van der Waals surface area contributed by atoms with Gasteiger partial charge in [-0.3, -0.25) is 4.57 Å². The monoisotopic (exact) mass is 640 g/mol. The van der Waals surface area contributed by atoms with Gasteiger partial charge in [0.05, 0.1) is 16.4 Å². The molecule has 0 N–H and O–H groups in total. The van der Waals surface area contributed by atoms with Crippen LogP contribution in [-0.2, 0) is 5.41 Å². The molecule has 6 aromatic carbocycles. The van der Waals surface area contributed by atoms with Gasteiger partial charge < -0.3 is 0 Å². The molecule has 0 bridgehead atoms. The number of hydrogen-bond donors (Lipinski definition) is 0. The molecule has 4 heteroatoms. The Balaban J connectivity index is 1.33. The molecule has 0 fully saturated rings.